The first-order chi connectivity index (χ1) is 17.9. The molecule has 1 aromatic carbocycles. The van der Waals surface area contributed by atoms with Gasteiger partial charge < -0.3 is 10.2 Å². The highest BCUT2D eigenvalue weighted by Gasteiger charge is 2.31. The van der Waals surface area contributed by atoms with E-state index in [0.29, 0.717) is 30.6 Å². The van der Waals surface area contributed by atoms with E-state index in [1.807, 2.05) is 6.92 Å². The maximum absolute atomic E-state index is 12.8. The van der Waals surface area contributed by atoms with Crippen molar-refractivity contribution in [2.24, 2.45) is 0 Å². The van der Waals surface area contributed by atoms with Gasteiger partial charge in [-0.2, -0.15) is 13.2 Å². The molecule has 208 valence electrons. The number of carbonyl (C=O) groups is 2. The number of hydrogen-bond donors (Lipinski definition) is 1. The summed E-state index contributed by atoms with van der Waals surface area (Å²) in [6.07, 6.45) is 3.21. The van der Waals surface area contributed by atoms with Gasteiger partial charge in [-0.1, -0.05) is 43.1 Å². The van der Waals surface area contributed by atoms with Crippen molar-refractivity contribution in [2.45, 2.75) is 86.4 Å². The van der Waals surface area contributed by atoms with E-state index in [1.54, 1.807) is 28.9 Å². The molecule has 1 aromatic heterocycles. The summed E-state index contributed by atoms with van der Waals surface area (Å²) >= 11 is 1.38. The maximum atomic E-state index is 12.8. The van der Waals surface area contributed by atoms with E-state index in [0.717, 1.165) is 22.6 Å². The fourth-order valence-electron chi connectivity index (χ4n) is 3.93. The highest BCUT2D eigenvalue weighted by atomic mass is 32.1. The lowest BCUT2D eigenvalue weighted by atomic mass is 10.0. The minimum absolute atomic E-state index is 0.0310. The van der Waals surface area contributed by atoms with Crippen LogP contribution < -0.4 is 5.32 Å². The number of anilines is 1. The Balaban J connectivity index is 0.000000432. The second-order valence-electron chi connectivity index (χ2n) is 9.77. The van der Waals surface area contributed by atoms with Crippen molar-refractivity contribution < 1.29 is 22.8 Å². The molecule has 0 saturated carbocycles. The van der Waals surface area contributed by atoms with Gasteiger partial charge in [0.05, 0.1) is 17.7 Å². The average molecular weight is 549 g/mol. The van der Waals surface area contributed by atoms with E-state index < -0.39 is 17.6 Å². The average Bonchev–Trinajstić information content (AvgIpc) is 3.31. The molecule has 3 rings (SSSR count). The third kappa shape index (κ3) is 8.86. The molecule has 2 heterocycles. The number of hydrogen-bond acceptors (Lipinski definition) is 3. The molecule has 1 aliphatic heterocycles. The van der Waals surface area contributed by atoms with Crippen molar-refractivity contribution in [1.29, 1.82) is 0 Å². The lowest BCUT2D eigenvalue weighted by Gasteiger charge is -2.27. The van der Waals surface area contributed by atoms with E-state index in [1.165, 1.54) is 54.7 Å². The van der Waals surface area contributed by atoms with Crippen molar-refractivity contribution >= 4 is 28.8 Å². The Hall–Kier alpha value is -2.87. The predicted octanol–water partition coefficient (Wildman–Crippen LogP) is 8.79. The number of fused-ring (bicyclic) bond motifs is 1. The molecule has 0 aliphatic carbocycles. The topological polar surface area (TPSA) is 49.4 Å². The SMILES string of the molecule is C/C=C(\C)C(=O)N1CCc2c(C(=O)Nc3cccc(C(F)(F)F)c3)csc2C1.CCCCCC(C)=C(C)C. The minimum atomic E-state index is -4.47. The summed E-state index contributed by atoms with van der Waals surface area (Å²) in [7, 11) is 0. The van der Waals surface area contributed by atoms with E-state index in [2.05, 4.69) is 33.0 Å². The quantitative estimate of drug-likeness (QED) is 0.214. The van der Waals surface area contributed by atoms with Crippen LogP contribution in [0.5, 0.6) is 0 Å². The monoisotopic (exact) mass is 548 g/mol. The van der Waals surface area contributed by atoms with Crippen molar-refractivity contribution in [1.82, 2.24) is 4.90 Å². The van der Waals surface area contributed by atoms with Crippen LogP contribution >= 0.6 is 11.3 Å². The predicted molar refractivity (Wildman–Crippen MR) is 150 cm³/mol. The Morgan fingerprint density at radius 3 is 2.45 bits per heavy atom. The zero-order valence-corrected chi connectivity index (χ0v) is 24.0. The van der Waals surface area contributed by atoms with Gasteiger partial charge in [-0.25, -0.2) is 0 Å². The lowest BCUT2D eigenvalue weighted by molar-refractivity contribution is -0.137. The summed E-state index contributed by atoms with van der Waals surface area (Å²) in [5.74, 6) is -0.474. The second-order valence-corrected chi connectivity index (χ2v) is 10.7. The van der Waals surface area contributed by atoms with Crippen molar-refractivity contribution in [3.05, 3.63) is 74.0 Å². The number of halogens is 3. The first-order valence-electron chi connectivity index (χ1n) is 13.0. The summed E-state index contributed by atoms with van der Waals surface area (Å²) in [5.41, 5.74) is 4.33. The third-order valence-corrected chi connectivity index (χ3v) is 7.72. The number of allylic oxidation sites excluding steroid dienone is 3. The number of amides is 2. The number of rotatable bonds is 7. The first-order valence-corrected chi connectivity index (χ1v) is 13.9. The Morgan fingerprint density at radius 2 is 1.84 bits per heavy atom. The van der Waals surface area contributed by atoms with Crippen LogP contribution in [0.1, 0.15) is 93.6 Å². The minimum Gasteiger partial charge on any atom is -0.333 e. The number of nitrogens with zero attached hydrogens (tertiary/aromatic N) is 1. The van der Waals surface area contributed by atoms with Crippen molar-refractivity contribution in [3.63, 3.8) is 0 Å². The highest BCUT2D eigenvalue weighted by Crippen LogP contribution is 2.32. The highest BCUT2D eigenvalue weighted by molar-refractivity contribution is 7.10. The molecule has 0 spiro atoms. The fourth-order valence-corrected chi connectivity index (χ4v) is 5.02. The Bertz CT molecular complexity index is 1170. The summed E-state index contributed by atoms with van der Waals surface area (Å²) < 4.78 is 38.5. The number of nitrogens with one attached hydrogen (secondary N) is 1. The van der Waals surface area contributed by atoms with E-state index in [9.17, 15) is 22.8 Å². The molecule has 0 bridgehead atoms. The molecule has 2 amide bonds. The van der Waals surface area contributed by atoms with Gasteiger partial charge in [-0.3, -0.25) is 9.59 Å². The fraction of sp³-hybridized carbons (Fsp3) is 0.467. The molecule has 0 fully saturated rings. The second kappa shape index (κ2) is 14.3. The van der Waals surface area contributed by atoms with Crippen LogP contribution in [0, 0.1) is 0 Å². The lowest BCUT2D eigenvalue weighted by Crippen LogP contribution is -2.36. The van der Waals surface area contributed by atoms with Gasteiger partial charge in [0.25, 0.3) is 5.91 Å². The molecule has 1 N–H and O–H groups in total. The van der Waals surface area contributed by atoms with Gasteiger partial charge in [0.2, 0.25) is 5.91 Å². The molecular formula is C30H39F3N2O2S. The summed E-state index contributed by atoms with van der Waals surface area (Å²) in [6, 6.07) is 4.55. The largest absolute Gasteiger partial charge is 0.416 e. The molecule has 0 radical (unpaired) electrons. The molecule has 4 nitrogen and oxygen atoms in total. The zero-order chi connectivity index (χ0) is 28.5. The Labute approximate surface area is 228 Å². The smallest absolute Gasteiger partial charge is 0.333 e. The number of thiophene rings is 1. The summed E-state index contributed by atoms with van der Waals surface area (Å²) in [4.78, 5) is 27.6. The van der Waals surface area contributed by atoms with E-state index >= 15 is 0 Å². The van der Waals surface area contributed by atoms with Crippen LogP contribution in [-0.2, 0) is 23.9 Å². The van der Waals surface area contributed by atoms with Crippen LogP contribution in [0.2, 0.25) is 0 Å². The maximum Gasteiger partial charge on any atom is 0.416 e. The molecule has 8 heteroatoms. The molecular weight excluding hydrogens is 509 g/mol. The van der Waals surface area contributed by atoms with Crippen LogP contribution in [-0.4, -0.2) is 23.3 Å². The van der Waals surface area contributed by atoms with Crippen molar-refractivity contribution in [2.75, 3.05) is 11.9 Å². The third-order valence-electron chi connectivity index (χ3n) is 6.71. The van der Waals surface area contributed by atoms with Gasteiger partial charge >= 0.3 is 6.18 Å². The van der Waals surface area contributed by atoms with Crippen LogP contribution in [0.3, 0.4) is 0 Å². The van der Waals surface area contributed by atoms with Crippen LogP contribution in [0.15, 0.2) is 52.4 Å². The number of alkyl halides is 3. The van der Waals surface area contributed by atoms with Crippen molar-refractivity contribution in [3.8, 4) is 0 Å². The van der Waals surface area contributed by atoms with Gasteiger partial charge in [0, 0.05) is 28.1 Å². The van der Waals surface area contributed by atoms with E-state index in [-0.39, 0.29) is 11.6 Å². The summed E-state index contributed by atoms with van der Waals surface area (Å²) in [5, 5.41) is 4.24. The standard InChI is InChI=1S/C20H19F3N2O2S.C10H20/c1-3-12(2)19(27)25-8-7-15-16(11-28-17(15)10-25)18(26)24-14-6-4-5-13(9-14)20(21,22)23;1-5-6-7-8-10(4)9(2)3/h3-6,9,11H,7-8,10H2,1-2H3,(H,24,26);5-8H2,1-4H3/b12-3+;. The van der Waals surface area contributed by atoms with Gasteiger partial charge in [0.15, 0.2) is 0 Å². The van der Waals surface area contributed by atoms with Crippen LogP contribution in [0.25, 0.3) is 0 Å². The Kier molecular flexibility index (Phi) is 11.8. The summed E-state index contributed by atoms with van der Waals surface area (Å²) in [6.45, 7) is 13.4. The molecule has 0 atom stereocenters. The molecule has 0 unspecified atom stereocenters. The molecule has 1 aliphatic rings. The zero-order valence-electron chi connectivity index (χ0n) is 23.2. The molecule has 38 heavy (non-hydrogen) atoms. The number of benzene rings is 1. The Morgan fingerprint density at radius 1 is 1.13 bits per heavy atom. The van der Waals surface area contributed by atoms with Crippen LogP contribution in [0.4, 0.5) is 18.9 Å². The first kappa shape index (κ1) is 31.3. The van der Waals surface area contributed by atoms with E-state index in [4.69, 9.17) is 0 Å². The van der Waals surface area contributed by atoms with Gasteiger partial charge in [-0.05, 0) is 77.6 Å². The number of unbranched alkanes of at least 4 members (excludes halogenated alkanes) is 2. The number of carbonyl (C=O) groups excluding carboxylic acids is 2. The normalized spacial score (nSPS) is 13.3. The molecule has 0 saturated heterocycles. The van der Waals surface area contributed by atoms with Gasteiger partial charge in [-0.15, -0.1) is 11.3 Å². The van der Waals surface area contributed by atoms with Gasteiger partial charge in [0.1, 0.15) is 0 Å². The molecule has 2 aromatic rings.